The van der Waals surface area contributed by atoms with Gasteiger partial charge >= 0.3 is 5.97 Å². The Balaban J connectivity index is 3.38. The number of hydrogen-bond acceptors (Lipinski definition) is 4. The molecule has 4 heteroatoms. The molecule has 0 aromatic rings. The van der Waals surface area contributed by atoms with Gasteiger partial charge in [-0.2, -0.15) is 11.8 Å². The summed E-state index contributed by atoms with van der Waals surface area (Å²) in [5.41, 5.74) is 0. The Labute approximate surface area is 84.2 Å². The highest BCUT2D eigenvalue weighted by atomic mass is 32.2. The van der Waals surface area contributed by atoms with E-state index < -0.39 is 0 Å². The first-order valence-electron chi connectivity index (χ1n) is 4.45. The Bertz CT molecular complexity index is 139. The van der Waals surface area contributed by atoms with E-state index in [-0.39, 0.29) is 11.9 Å². The van der Waals surface area contributed by atoms with E-state index in [1.54, 1.807) is 18.9 Å². The fraction of sp³-hybridized carbons (Fsp3) is 0.889. The predicted octanol–water partition coefficient (Wildman–Crippen LogP) is 1.57. The van der Waals surface area contributed by atoms with Gasteiger partial charge in [-0.1, -0.05) is 6.92 Å². The molecule has 0 radical (unpaired) electrons. The van der Waals surface area contributed by atoms with Gasteiger partial charge in [0.2, 0.25) is 0 Å². The first-order chi connectivity index (χ1) is 6.22. The Hall–Kier alpha value is -0.220. The lowest BCUT2D eigenvalue weighted by Gasteiger charge is -2.09. The van der Waals surface area contributed by atoms with Crippen LogP contribution in [0.2, 0.25) is 0 Å². The number of carbonyl (C=O) groups is 1. The molecule has 0 saturated carbocycles. The van der Waals surface area contributed by atoms with Crippen LogP contribution in [0.1, 0.15) is 13.8 Å². The molecule has 0 heterocycles. The van der Waals surface area contributed by atoms with Gasteiger partial charge in [-0.25, -0.2) is 0 Å². The Morgan fingerprint density at radius 3 is 2.77 bits per heavy atom. The van der Waals surface area contributed by atoms with E-state index in [4.69, 9.17) is 9.47 Å². The summed E-state index contributed by atoms with van der Waals surface area (Å²) in [6.07, 6.45) is 0. The largest absolute Gasteiger partial charge is 0.466 e. The second kappa shape index (κ2) is 8.38. The van der Waals surface area contributed by atoms with Crippen molar-refractivity contribution in [1.29, 1.82) is 0 Å². The van der Waals surface area contributed by atoms with Gasteiger partial charge in [0, 0.05) is 18.6 Å². The van der Waals surface area contributed by atoms with Crippen LogP contribution < -0.4 is 0 Å². The standard InChI is InChI=1S/C9H18O3S/c1-4-12-9(10)8(2)7-13-6-5-11-3/h8H,4-7H2,1-3H3. The number of rotatable bonds is 7. The summed E-state index contributed by atoms with van der Waals surface area (Å²) in [7, 11) is 1.68. The van der Waals surface area contributed by atoms with Crippen molar-refractivity contribution in [2.24, 2.45) is 5.92 Å². The highest BCUT2D eigenvalue weighted by Crippen LogP contribution is 2.09. The van der Waals surface area contributed by atoms with Crippen molar-refractivity contribution < 1.29 is 14.3 Å². The molecule has 0 aromatic carbocycles. The van der Waals surface area contributed by atoms with Crippen LogP contribution in [-0.2, 0) is 14.3 Å². The van der Waals surface area contributed by atoms with Crippen LogP contribution in [0.3, 0.4) is 0 Å². The molecule has 0 bridgehead atoms. The average molecular weight is 206 g/mol. The highest BCUT2D eigenvalue weighted by molar-refractivity contribution is 7.99. The van der Waals surface area contributed by atoms with E-state index in [9.17, 15) is 4.79 Å². The Kier molecular flexibility index (Phi) is 8.24. The van der Waals surface area contributed by atoms with Crippen LogP contribution in [0.4, 0.5) is 0 Å². The number of carbonyl (C=O) groups excluding carboxylic acids is 1. The van der Waals surface area contributed by atoms with Gasteiger partial charge in [-0.3, -0.25) is 4.79 Å². The van der Waals surface area contributed by atoms with Crippen molar-refractivity contribution in [3.8, 4) is 0 Å². The van der Waals surface area contributed by atoms with Gasteiger partial charge in [0.15, 0.2) is 0 Å². The van der Waals surface area contributed by atoms with E-state index in [1.165, 1.54) is 0 Å². The summed E-state index contributed by atoms with van der Waals surface area (Å²) in [4.78, 5) is 11.1. The quantitative estimate of drug-likeness (QED) is 0.468. The molecule has 1 unspecified atom stereocenters. The zero-order valence-electron chi connectivity index (χ0n) is 8.54. The van der Waals surface area contributed by atoms with Gasteiger partial charge in [0.25, 0.3) is 0 Å². The normalized spacial score (nSPS) is 12.5. The molecular formula is C9H18O3S. The summed E-state index contributed by atoms with van der Waals surface area (Å²) in [5.74, 6) is 1.62. The minimum absolute atomic E-state index is 0.0122. The summed E-state index contributed by atoms with van der Waals surface area (Å²) >= 11 is 1.71. The monoisotopic (exact) mass is 206 g/mol. The van der Waals surface area contributed by atoms with Crippen LogP contribution in [-0.4, -0.2) is 37.8 Å². The lowest BCUT2D eigenvalue weighted by molar-refractivity contribution is -0.146. The second-order valence-electron chi connectivity index (χ2n) is 2.72. The van der Waals surface area contributed by atoms with Crippen molar-refractivity contribution in [2.75, 3.05) is 31.8 Å². The van der Waals surface area contributed by atoms with Crippen molar-refractivity contribution >= 4 is 17.7 Å². The maximum absolute atomic E-state index is 11.1. The van der Waals surface area contributed by atoms with Gasteiger partial charge in [-0.05, 0) is 6.92 Å². The SMILES string of the molecule is CCOC(=O)C(C)CSCCOC. The van der Waals surface area contributed by atoms with Crippen LogP contribution in [0.25, 0.3) is 0 Å². The molecule has 0 N–H and O–H groups in total. The van der Waals surface area contributed by atoms with Gasteiger partial charge in [0.05, 0.1) is 19.1 Å². The van der Waals surface area contributed by atoms with Crippen molar-refractivity contribution in [3.63, 3.8) is 0 Å². The third-order valence-electron chi connectivity index (χ3n) is 1.49. The van der Waals surface area contributed by atoms with Gasteiger partial charge < -0.3 is 9.47 Å². The first kappa shape index (κ1) is 12.8. The Morgan fingerprint density at radius 1 is 1.54 bits per heavy atom. The van der Waals surface area contributed by atoms with E-state index in [1.807, 2.05) is 13.8 Å². The minimum Gasteiger partial charge on any atom is -0.466 e. The van der Waals surface area contributed by atoms with Crippen molar-refractivity contribution in [1.82, 2.24) is 0 Å². The smallest absolute Gasteiger partial charge is 0.309 e. The summed E-state index contributed by atoms with van der Waals surface area (Å²) in [5, 5.41) is 0. The van der Waals surface area contributed by atoms with Gasteiger partial charge in [0.1, 0.15) is 0 Å². The van der Waals surface area contributed by atoms with Gasteiger partial charge in [-0.15, -0.1) is 0 Å². The lowest BCUT2D eigenvalue weighted by Crippen LogP contribution is -2.17. The number of ether oxygens (including phenoxy) is 2. The van der Waals surface area contributed by atoms with Crippen molar-refractivity contribution in [2.45, 2.75) is 13.8 Å². The van der Waals surface area contributed by atoms with E-state index in [2.05, 4.69) is 0 Å². The minimum atomic E-state index is -0.104. The lowest BCUT2D eigenvalue weighted by atomic mass is 10.2. The summed E-state index contributed by atoms with van der Waals surface area (Å²) in [6, 6.07) is 0. The fourth-order valence-corrected chi connectivity index (χ4v) is 1.70. The van der Waals surface area contributed by atoms with Crippen LogP contribution in [0.15, 0.2) is 0 Å². The average Bonchev–Trinajstić information content (AvgIpc) is 2.12. The number of hydrogen-bond donors (Lipinski definition) is 0. The molecule has 0 aliphatic heterocycles. The Morgan fingerprint density at radius 2 is 2.23 bits per heavy atom. The van der Waals surface area contributed by atoms with Crippen LogP contribution in [0.5, 0.6) is 0 Å². The third kappa shape index (κ3) is 6.90. The molecule has 0 saturated heterocycles. The van der Waals surface area contributed by atoms with E-state index in [0.29, 0.717) is 6.61 Å². The van der Waals surface area contributed by atoms with Crippen LogP contribution in [0, 0.1) is 5.92 Å². The highest BCUT2D eigenvalue weighted by Gasteiger charge is 2.12. The molecule has 1 atom stereocenters. The number of thioether (sulfide) groups is 1. The van der Waals surface area contributed by atoms with E-state index >= 15 is 0 Å². The maximum Gasteiger partial charge on any atom is 0.309 e. The number of esters is 1. The molecule has 0 aromatic heterocycles. The zero-order chi connectivity index (χ0) is 10.1. The molecule has 0 aliphatic rings. The van der Waals surface area contributed by atoms with Crippen LogP contribution >= 0.6 is 11.8 Å². The fourth-order valence-electron chi connectivity index (χ4n) is 0.755. The summed E-state index contributed by atoms with van der Waals surface area (Å²) < 4.78 is 9.77. The molecular weight excluding hydrogens is 188 g/mol. The topological polar surface area (TPSA) is 35.5 Å². The molecule has 0 aliphatic carbocycles. The maximum atomic E-state index is 11.1. The first-order valence-corrected chi connectivity index (χ1v) is 5.61. The predicted molar refractivity (Wildman–Crippen MR) is 55.0 cm³/mol. The second-order valence-corrected chi connectivity index (χ2v) is 3.87. The molecule has 13 heavy (non-hydrogen) atoms. The third-order valence-corrected chi connectivity index (χ3v) is 2.68. The molecule has 78 valence electrons. The number of methoxy groups -OCH3 is 1. The van der Waals surface area contributed by atoms with E-state index in [0.717, 1.165) is 18.1 Å². The molecule has 0 fully saturated rings. The summed E-state index contributed by atoms with van der Waals surface area (Å²) in [6.45, 7) is 4.91. The molecule has 3 nitrogen and oxygen atoms in total. The zero-order valence-corrected chi connectivity index (χ0v) is 9.36. The molecule has 0 spiro atoms. The molecule has 0 amide bonds. The van der Waals surface area contributed by atoms with Crippen molar-refractivity contribution in [3.05, 3.63) is 0 Å². The molecule has 0 rings (SSSR count).